The van der Waals surface area contributed by atoms with Crippen molar-refractivity contribution in [1.82, 2.24) is 10.0 Å². The van der Waals surface area contributed by atoms with Crippen LogP contribution >= 0.6 is 0 Å². The predicted molar refractivity (Wildman–Crippen MR) is 114 cm³/mol. The van der Waals surface area contributed by atoms with Crippen molar-refractivity contribution in [3.05, 3.63) is 60.4 Å². The van der Waals surface area contributed by atoms with Crippen molar-refractivity contribution >= 4 is 21.7 Å². The molecule has 1 fully saturated rings. The lowest BCUT2D eigenvalue weighted by atomic mass is 9.97. The Bertz CT molecular complexity index is 974. The van der Waals surface area contributed by atoms with Crippen molar-refractivity contribution in [2.45, 2.75) is 42.4 Å². The number of para-hydroxylation sites is 1. The van der Waals surface area contributed by atoms with E-state index in [0.29, 0.717) is 24.9 Å². The number of carbonyl (C=O) groups excluding carboxylic acids is 1. The number of urea groups is 1. The van der Waals surface area contributed by atoms with E-state index in [-0.39, 0.29) is 25.3 Å². The minimum absolute atomic E-state index is 0.0616. The van der Waals surface area contributed by atoms with Crippen molar-refractivity contribution in [3.63, 3.8) is 0 Å². The van der Waals surface area contributed by atoms with Crippen molar-refractivity contribution in [2.24, 2.45) is 0 Å². The normalized spacial score (nSPS) is 21.4. The first-order valence-electron chi connectivity index (χ1n) is 10.0. The van der Waals surface area contributed by atoms with Crippen LogP contribution in [0.5, 0.6) is 0 Å². The average Bonchev–Trinajstić information content (AvgIpc) is 2.75. The first-order valence-corrected chi connectivity index (χ1v) is 11.5. The second kappa shape index (κ2) is 10.7. The van der Waals surface area contributed by atoms with E-state index < -0.39 is 32.9 Å². The van der Waals surface area contributed by atoms with E-state index in [2.05, 4.69) is 15.4 Å². The van der Waals surface area contributed by atoms with Crippen molar-refractivity contribution in [3.8, 4) is 0 Å². The van der Waals surface area contributed by atoms with Gasteiger partial charge in [-0.25, -0.2) is 22.3 Å². The third-order valence-electron chi connectivity index (χ3n) is 5.03. The minimum Gasteiger partial charge on any atom is -0.394 e. The van der Waals surface area contributed by atoms with Crippen LogP contribution in [-0.4, -0.2) is 51.0 Å². The van der Waals surface area contributed by atoms with E-state index in [1.807, 2.05) is 6.07 Å². The summed E-state index contributed by atoms with van der Waals surface area (Å²) in [5.74, 6) is -0.813. The molecule has 0 radical (unpaired) electrons. The summed E-state index contributed by atoms with van der Waals surface area (Å²) in [6, 6.07) is 13.4. The number of halogens is 1. The first kappa shape index (κ1) is 23.1. The number of ether oxygens (including phenoxy) is 1. The topological polar surface area (TPSA) is 117 Å². The Morgan fingerprint density at radius 1 is 1.10 bits per heavy atom. The van der Waals surface area contributed by atoms with Crippen LogP contribution in [-0.2, 0) is 14.8 Å². The van der Waals surface area contributed by atoms with Gasteiger partial charge in [-0.3, -0.25) is 0 Å². The molecular formula is C21H26FN3O5S. The quantitative estimate of drug-likeness (QED) is 0.491. The van der Waals surface area contributed by atoms with Crippen LogP contribution in [0.4, 0.5) is 14.9 Å². The number of hydrogen-bond donors (Lipinski definition) is 4. The number of benzene rings is 2. The molecular weight excluding hydrogens is 425 g/mol. The number of rotatable bonds is 8. The van der Waals surface area contributed by atoms with Crippen molar-refractivity contribution in [2.75, 3.05) is 18.5 Å². The number of hydrogen-bond acceptors (Lipinski definition) is 5. The number of nitrogens with one attached hydrogen (secondary N) is 3. The van der Waals surface area contributed by atoms with Gasteiger partial charge in [0.25, 0.3) is 0 Å². The second-order valence-corrected chi connectivity index (χ2v) is 8.98. The molecule has 4 N–H and O–H groups in total. The molecule has 0 saturated carbocycles. The predicted octanol–water partition coefficient (Wildman–Crippen LogP) is 2.22. The molecule has 0 aliphatic carbocycles. The highest BCUT2D eigenvalue weighted by Crippen LogP contribution is 2.22. The molecule has 0 aromatic heterocycles. The Balaban J connectivity index is 1.47. The molecule has 10 heteroatoms. The third-order valence-corrected chi connectivity index (χ3v) is 6.52. The highest BCUT2D eigenvalue weighted by atomic mass is 32.2. The van der Waals surface area contributed by atoms with E-state index in [1.54, 1.807) is 24.3 Å². The number of anilines is 1. The molecule has 2 aromatic carbocycles. The summed E-state index contributed by atoms with van der Waals surface area (Å²) in [5, 5.41) is 15.2. The molecule has 1 aliphatic rings. The molecule has 1 aliphatic heterocycles. The monoisotopic (exact) mass is 451 g/mol. The molecule has 31 heavy (non-hydrogen) atoms. The van der Waals surface area contributed by atoms with Crippen molar-refractivity contribution < 1.29 is 27.4 Å². The Morgan fingerprint density at radius 2 is 1.81 bits per heavy atom. The zero-order valence-electron chi connectivity index (χ0n) is 16.8. The van der Waals surface area contributed by atoms with Crippen LogP contribution in [0.15, 0.2) is 59.5 Å². The van der Waals surface area contributed by atoms with E-state index in [0.717, 1.165) is 6.07 Å². The van der Waals surface area contributed by atoms with Gasteiger partial charge in [0.1, 0.15) is 16.8 Å². The van der Waals surface area contributed by atoms with Gasteiger partial charge < -0.3 is 20.5 Å². The molecule has 1 heterocycles. The van der Waals surface area contributed by atoms with Crippen LogP contribution in [0, 0.1) is 5.82 Å². The van der Waals surface area contributed by atoms with Crippen LogP contribution in [0.2, 0.25) is 0 Å². The first-order chi connectivity index (χ1) is 14.9. The molecule has 0 unspecified atom stereocenters. The SMILES string of the molecule is O=C(Nc1ccccc1)N[C@H]1CC[C@H](CCNS(=O)(=O)c2ccccc2F)O[C@H]1CO. The summed E-state index contributed by atoms with van der Waals surface area (Å²) in [6.45, 7) is -0.222. The van der Waals surface area contributed by atoms with E-state index in [9.17, 15) is 22.7 Å². The lowest BCUT2D eigenvalue weighted by molar-refractivity contribution is -0.0884. The summed E-state index contributed by atoms with van der Waals surface area (Å²) >= 11 is 0. The molecule has 0 bridgehead atoms. The van der Waals surface area contributed by atoms with Gasteiger partial charge >= 0.3 is 6.03 Å². The van der Waals surface area contributed by atoms with E-state index in [4.69, 9.17) is 4.74 Å². The van der Waals surface area contributed by atoms with E-state index in [1.165, 1.54) is 18.2 Å². The largest absolute Gasteiger partial charge is 0.394 e. The standard InChI is InChI=1S/C21H26FN3O5S/c22-17-8-4-5-9-20(17)31(28,29)23-13-12-16-10-11-18(19(14-26)30-16)25-21(27)24-15-6-2-1-3-7-15/h1-9,16,18-19,23,26H,10-14H2,(H2,24,25,27)/t16-,18+,19+/m1/s1. The minimum atomic E-state index is -3.96. The maximum atomic E-state index is 13.7. The number of aliphatic hydroxyl groups is 1. The van der Waals surface area contributed by atoms with E-state index >= 15 is 0 Å². The summed E-state index contributed by atoms with van der Waals surface area (Å²) in [4.78, 5) is 11.8. The Labute approximate surface area is 180 Å². The van der Waals surface area contributed by atoms with Crippen LogP contribution in [0.25, 0.3) is 0 Å². The fourth-order valence-corrected chi connectivity index (χ4v) is 4.59. The van der Waals surface area contributed by atoms with Gasteiger partial charge in [0, 0.05) is 12.2 Å². The third kappa shape index (κ3) is 6.47. The molecule has 2 amide bonds. The Kier molecular flexibility index (Phi) is 7.97. The van der Waals surface area contributed by atoms with Gasteiger partial charge in [0.15, 0.2) is 0 Å². The van der Waals surface area contributed by atoms with Gasteiger partial charge in [-0.05, 0) is 43.5 Å². The van der Waals surface area contributed by atoms with Gasteiger partial charge in [-0.1, -0.05) is 30.3 Å². The molecule has 1 saturated heterocycles. The maximum absolute atomic E-state index is 13.7. The van der Waals surface area contributed by atoms with Gasteiger partial charge in [0.2, 0.25) is 10.0 Å². The lowest BCUT2D eigenvalue weighted by Gasteiger charge is -2.36. The van der Waals surface area contributed by atoms with Crippen LogP contribution < -0.4 is 15.4 Å². The molecule has 168 valence electrons. The summed E-state index contributed by atoms with van der Waals surface area (Å²) in [7, 11) is -3.96. The van der Waals surface area contributed by atoms with Crippen LogP contribution in [0.3, 0.4) is 0 Å². The van der Waals surface area contributed by atoms with Gasteiger partial charge in [0.05, 0.1) is 18.8 Å². The fraction of sp³-hybridized carbons (Fsp3) is 0.381. The number of amides is 2. The van der Waals surface area contributed by atoms with Crippen molar-refractivity contribution in [1.29, 1.82) is 0 Å². The summed E-state index contributed by atoms with van der Waals surface area (Å²) in [6.07, 6.45) is 0.596. The zero-order chi connectivity index (χ0) is 22.3. The van der Waals surface area contributed by atoms with Gasteiger partial charge in [-0.2, -0.15) is 0 Å². The Morgan fingerprint density at radius 3 is 2.52 bits per heavy atom. The second-order valence-electron chi connectivity index (χ2n) is 7.24. The Hall–Kier alpha value is -2.53. The molecule has 3 atom stereocenters. The van der Waals surface area contributed by atoms with Gasteiger partial charge in [-0.15, -0.1) is 0 Å². The molecule has 8 nitrogen and oxygen atoms in total. The summed E-state index contributed by atoms with van der Waals surface area (Å²) in [5.41, 5.74) is 0.650. The average molecular weight is 452 g/mol. The highest BCUT2D eigenvalue weighted by molar-refractivity contribution is 7.89. The number of sulfonamides is 1. The smallest absolute Gasteiger partial charge is 0.319 e. The summed E-state index contributed by atoms with van der Waals surface area (Å²) < 4.78 is 46.5. The highest BCUT2D eigenvalue weighted by Gasteiger charge is 2.32. The molecule has 0 spiro atoms. The maximum Gasteiger partial charge on any atom is 0.319 e. The van der Waals surface area contributed by atoms with Crippen LogP contribution in [0.1, 0.15) is 19.3 Å². The number of aliphatic hydroxyl groups excluding tert-OH is 1. The fourth-order valence-electron chi connectivity index (χ4n) is 3.46. The molecule has 3 rings (SSSR count). The zero-order valence-corrected chi connectivity index (χ0v) is 17.6. The number of carbonyl (C=O) groups is 1. The molecule has 2 aromatic rings. The lowest BCUT2D eigenvalue weighted by Crippen LogP contribution is -2.52.